The fraction of sp³-hybridized carbons (Fsp3) is 0.278. The van der Waals surface area contributed by atoms with Crippen LogP contribution in [0, 0.1) is 5.82 Å². The number of hydrogen-bond donors (Lipinski definition) is 1. The lowest BCUT2D eigenvalue weighted by Gasteiger charge is -2.30. The number of carbonyl (C=O) groups excluding carboxylic acids is 1. The first kappa shape index (κ1) is 23.0. The van der Waals surface area contributed by atoms with Crippen LogP contribution in [0.1, 0.15) is 18.9 Å². The van der Waals surface area contributed by atoms with Gasteiger partial charge in [0, 0.05) is 5.69 Å². The molecule has 2 rings (SSSR count). The average Bonchev–Trinajstić information content (AvgIpc) is 2.60. The predicted molar refractivity (Wildman–Crippen MR) is 103 cm³/mol. The van der Waals surface area contributed by atoms with Crippen LogP contribution in [-0.4, -0.2) is 26.6 Å². The number of nitrogens with one attached hydrogen (secondary N) is 1. The number of anilines is 2. The number of benzene rings is 2. The molecule has 0 saturated carbocycles. The molecule has 1 atom stereocenters. The maximum Gasteiger partial charge on any atom is 0.417 e. The van der Waals surface area contributed by atoms with Gasteiger partial charge in [-0.2, -0.15) is 13.2 Å². The van der Waals surface area contributed by atoms with Crippen molar-refractivity contribution in [3.63, 3.8) is 0 Å². The van der Waals surface area contributed by atoms with E-state index in [4.69, 9.17) is 11.6 Å². The van der Waals surface area contributed by atoms with E-state index in [2.05, 4.69) is 5.32 Å². The van der Waals surface area contributed by atoms with E-state index in [9.17, 15) is 30.8 Å². The van der Waals surface area contributed by atoms with Crippen LogP contribution in [0.4, 0.5) is 28.9 Å². The van der Waals surface area contributed by atoms with E-state index >= 15 is 0 Å². The van der Waals surface area contributed by atoms with Crippen LogP contribution in [0.5, 0.6) is 0 Å². The lowest BCUT2D eigenvalue weighted by molar-refractivity contribution is -0.137. The SMILES string of the molecule is CC[C@@H](C(=O)Nc1ccc(Cl)c(C(F)(F)F)c1)N(c1ccc(F)cc1)S(C)(=O)=O. The van der Waals surface area contributed by atoms with Gasteiger partial charge in [-0.25, -0.2) is 12.8 Å². The molecule has 2 aromatic rings. The minimum Gasteiger partial charge on any atom is -0.324 e. The Kier molecular flexibility index (Phi) is 6.79. The maximum atomic E-state index is 13.2. The quantitative estimate of drug-likeness (QED) is 0.647. The summed E-state index contributed by atoms with van der Waals surface area (Å²) in [6.07, 6.45) is -3.85. The number of carbonyl (C=O) groups is 1. The van der Waals surface area contributed by atoms with Gasteiger partial charge in [-0.05, 0) is 48.9 Å². The third-order valence-electron chi connectivity index (χ3n) is 3.95. The Labute approximate surface area is 170 Å². The molecular weight excluding hydrogens is 436 g/mol. The van der Waals surface area contributed by atoms with Gasteiger partial charge in [0.05, 0.1) is 22.5 Å². The molecule has 0 radical (unpaired) electrons. The maximum absolute atomic E-state index is 13.2. The van der Waals surface area contributed by atoms with Crippen molar-refractivity contribution in [3.05, 3.63) is 58.9 Å². The van der Waals surface area contributed by atoms with E-state index in [0.717, 1.165) is 28.8 Å². The first-order valence-electron chi connectivity index (χ1n) is 8.27. The lowest BCUT2D eigenvalue weighted by Crippen LogP contribution is -2.47. The molecule has 29 heavy (non-hydrogen) atoms. The summed E-state index contributed by atoms with van der Waals surface area (Å²) in [6, 6.07) is 5.99. The van der Waals surface area contributed by atoms with E-state index in [0.29, 0.717) is 6.07 Å². The van der Waals surface area contributed by atoms with Crippen LogP contribution in [-0.2, 0) is 21.0 Å². The highest BCUT2D eigenvalue weighted by Crippen LogP contribution is 2.36. The molecule has 0 bridgehead atoms. The fourth-order valence-electron chi connectivity index (χ4n) is 2.69. The summed E-state index contributed by atoms with van der Waals surface area (Å²) in [5, 5.41) is 1.75. The third-order valence-corrected chi connectivity index (χ3v) is 5.46. The fourth-order valence-corrected chi connectivity index (χ4v) is 4.13. The summed E-state index contributed by atoms with van der Waals surface area (Å²) in [5.74, 6) is -1.45. The molecule has 0 unspecified atom stereocenters. The summed E-state index contributed by atoms with van der Waals surface area (Å²) >= 11 is 5.56. The van der Waals surface area contributed by atoms with Crippen molar-refractivity contribution < 1.29 is 30.8 Å². The topological polar surface area (TPSA) is 66.5 Å². The van der Waals surface area contributed by atoms with Gasteiger partial charge in [0.15, 0.2) is 0 Å². The molecule has 1 amide bonds. The molecule has 2 aromatic carbocycles. The van der Waals surface area contributed by atoms with Crippen LogP contribution in [0.2, 0.25) is 5.02 Å². The number of amides is 1. The highest BCUT2D eigenvalue weighted by Gasteiger charge is 2.35. The third kappa shape index (κ3) is 5.60. The Bertz CT molecular complexity index is 995. The zero-order valence-electron chi connectivity index (χ0n) is 15.3. The smallest absolute Gasteiger partial charge is 0.324 e. The van der Waals surface area contributed by atoms with Gasteiger partial charge in [-0.3, -0.25) is 9.10 Å². The molecular formula is C18H17ClF4N2O3S. The zero-order chi connectivity index (χ0) is 22.0. The van der Waals surface area contributed by atoms with E-state index in [-0.39, 0.29) is 17.8 Å². The average molecular weight is 453 g/mol. The highest BCUT2D eigenvalue weighted by atomic mass is 35.5. The van der Waals surface area contributed by atoms with Gasteiger partial charge >= 0.3 is 6.18 Å². The van der Waals surface area contributed by atoms with E-state index in [1.807, 2.05) is 0 Å². The van der Waals surface area contributed by atoms with Crippen molar-refractivity contribution >= 4 is 38.9 Å². The van der Waals surface area contributed by atoms with Crippen molar-refractivity contribution in [2.75, 3.05) is 15.9 Å². The molecule has 0 aromatic heterocycles. The second kappa shape index (κ2) is 8.58. The zero-order valence-corrected chi connectivity index (χ0v) is 16.9. The van der Waals surface area contributed by atoms with Crippen LogP contribution >= 0.6 is 11.6 Å². The first-order valence-corrected chi connectivity index (χ1v) is 10.5. The molecule has 0 spiro atoms. The molecule has 0 heterocycles. The molecule has 158 valence electrons. The predicted octanol–water partition coefficient (Wildman–Crippen LogP) is 4.68. The van der Waals surface area contributed by atoms with Gasteiger partial charge in [0.2, 0.25) is 15.9 Å². The summed E-state index contributed by atoms with van der Waals surface area (Å²) in [5.41, 5.74) is -1.29. The minimum absolute atomic E-state index is 0.00992. The van der Waals surface area contributed by atoms with Crippen molar-refractivity contribution in [2.45, 2.75) is 25.6 Å². The summed E-state index contributed by atoms with van der Waals surface area (Å²) < 4.78 is 77.6. The minimum atomic E-state index is -4.73. The Morgan fingerprint density at radius 3 is 2.24 bits per heavy atom. The van der Waals surface area contributed by atoms with Crippen molar-refractivity contribution in [3.8, 4) is 0 Å². The van der Waals surface area contributed by atoms with Gasteiger partial charge in [0.1, 0.15) is 11.9 Å². The Morgan fingerprint density at radius 2 is 1.76 bits per heavy atom. The highest BCUT2D eigenvalue weighted by molar-refractivity contribution is 7.92. The molecule has 5 nitrogen and oxygen atoms in total. The Balaban J connectivity index is 2.39. The van der Waals surface area contributed by atoms with Crippen LogP contribution < -0.4 is 9.62 Å². The number of halogens is 5. The van der Waals surface area contributed by atoms with Crippen LogP contribution in [0.25, 0.3) is 0 Å². The van der Waals surface area contributed by atoms with Crippen molar-refractivity contribution in [2.24, 2.45) is 0 Å². The standard InChI is InChI=1S/C18H17ClF4N2O3S/c1-3-16(25(29(2,27)28)13-7-4-11(20)5-8-13)17(26)24-12-6-9-15(19)14(10-12)18(21,22)23/h4-10,16H,3H2,1-2H3,(H,24,26)/t16-/m0/s1. The van der Waals surface area contributed by atoms with Crippen LogP contribution in [0.3, 0.4) is 0 Å². The molecule has 0 aliphatic rings. The first-order chi connectivity index (χ1) is 13.3. The van der Waals surface area contributed by atoms with Crippen LogP contribution in [0.15, 0.2) is 42.5 Å². The number of hydrogen-bond acceptors (Lipinski definition) is 3. The molecule has 0 fully saturated rings. The van der Waals surface area contributed by atoms with E-state index < -0.39 is 44.6 Å². The molecule has 0 saturated heterocycles. The van der Waals surface area contributed by atoms with Gasteiger partial charge < -0.3 is 5.32 Å². The van der Waals surface area contributed by atoms with Crippen molar-refractivity contribution in [1.82, 2.24) is 0 Å². The number of alkyl halides is 3. The van der Waals surface area contributed by atoms with Gasteiger partial charge in [0.25, 0.3) is 0 Å². The van der Waals surface area contributed by atoms with E-state index in [1.54, 1.807) is 0 Å². The summed E-state index contributed by atoms with van der Waals surface area (Å²) in [6.45, 7) is 1.54. The Hall–Kier alpha value is -2.33. The Morgan fingerprint density at radius 1 is 1.17 bits per heavy atom. The second-order valence-corrected chi connectivity index (χ2v) is 8.41. The molecule has 0 aliphatic carbocycles. The summed E-state index contributed by atoms with van der Waals surface area (Å²) in [7, 11) is -3.97. The van der Waals surface area contributed by atoms with Crippen molar-refractivity contribution in [1.29, 1.82) is 0 Å². The number of sulfonamides is 1. The molecule has 11 heteroatoms. The van der Waals surface area contributed by atoms with Gasteiger partial charge in [-0.1, -0.05) is 18.5 Å². The van der Waals surface area contributed by atoms with E-state index in [1.165, 1.54) is 25.1 Å². The summed E-state index contributed by atoms with van der Waals surface area (Å²) in [4.78, 5) is 12.7. The lowest BCUT2D eigenvalue weighted by atomic mass is 10.1. The molecule has 0 aliphatic heterocycles. The second-order valence-electron chi connectivity index (χ2n) is 6.14. The number of rotatable bonds is 6. The largest absolute Gasteiger partial charge is 0.417 e. The monoisotopic (exact) mass is 452 g/mol. The normalized spacial score (nSPS) is 13.1. The molecule has 1 N–H and O–H groups in total. The number of nitrogens with zero attached hydrogens (tertiary/aromatic N) is 1. The van der Waals surface area contributed by atoms with Gasteiger partial charge in [-0.15, -0.1) is 0 Å².